The third-order valence-corrected chi connectivity index (χ3v) is 7.43. The van der Waals surface area contributed by atoms with E-state index in [2.05, 4.69) is 4.99 Å². The van der Waals surface area contributed by atoms with Gasteiger partial charge in [-0.15, -0.1) is 0 Å². The number of esters is 1. The largest absolute Gasteiger partial charge is 0.497 e. The fourth-order valence-electron chi connectivity index (χ4n) is 4.60. The molecule has 38 heavy (non-hydrogen) atoms. The third-order valence-electron chi connectivity index (χ3n) is 6.51. The fourth-order valence-corrected chi connectivity index (χ4v) is 5.52. The minimum absolute atomic E-state index is 0.0413. The van der Waals surface area contributed by atoms with Crippen LogP contribution in [0.1, 0.15) is 36.5 Å². The van der Waals surface area contributed by atoms with E-state index in [9.17, 15) is 14.4 Å². The summed E-state index contributed by atoms with van der Waals surface area (Å²) >= 11 is 1.25. The van der Waals surface area contributed by atoms with Gasteiger partial charge < -0.3 is 14.4 Å². The highest BCUT2D eigenvalue weighted by Gasteiger charge is 2.34. The first-order chi connectivity index (χ1) is 18.3. The lowest BCUT2D eigenvalue weighted by atomic mass is 9.97. The number of piperidine rings is 1. The average molecular weight is 536 g/mol. The van der Waals surface area contributed by atoms with Crippen LogP contribution in [-0.2, 0) is 19.1 Å². The number of aliphatic imine (C=N–C) groups is 1. The van der Waals surface area contributed by atoms with Gasteiger partial charge in [-0.05, 0) is 80.6 Å². The molecule has 1 saturated heterocycles. The summed E-state index contributed by atoms with van der Waals surface area (Å²) < 4.78 is 10.3. The van der Waals surface area contributed by atoms with Gasteiger partial charge in [0.2, 0.25) is 5.91 Å². The van der Waals surface area contributed by atoms with Crippen LogP contribution in [0.5, 0.6) is 5.75 Å². The molecule has 0 unspecified atom stereocenters. The Bertz CT molecular complexity index is 1240. The van der Waals surface area contributed by atoms with E-state index in [1.165, 1.54) is 11.8 Å². The number of nitrogens with zero attached hydrogens (tertiary/aromatic N) is 3. The van der Waals surface area contributed by atoms with Crippen molar-refractivity contribution in [2.75, 3.05) is 37.5 Å². The van der Waals surface area contributed by atoms with Gasteiger partial charge in [-0.2, -0.15) is 0 Å². The molecular formula is C29H33N3O5S. The molecule has 2 aromatic carbocycles. The van der Waals surface area contributed by atoms with Gasteiger partial charge in [0.05, 0.1) is 31.1 Å². The number of hydrogen-bond acceptors (Lipinski definition) is 7. The summed E-state index contributed by atoms with van der Waals surface area (Å²) in [6.07, 6.45) is 2.93. The van der Waals surface area contributed by atoms with E-state index in [0.717, 1.165) is 28.1 Å². The van der Waals surface area contributed by atoms with E-state index < -0.39 is 0 Å². The summed E-state index contributed by atoms with van der Waals surface area (Å²) in [4.78, 5) is 46.6. The summed E-state index contributed by atoms with van der Waals surface area (Å²) in [6.45, 7) is 7.15. The van der Waals surface area contributed by atoms with Gasteiger partial charge in [0.25, 0.3) is 5.91 Å². The molecule has 200 valence electrons. The zero-order valence-corrected chi connectivity index (χ0v) is 23.0. The standard InChI is InChI=1S/C29H33N3O5S/c1-5-37-28(35)22-10-12-31(13-11-22)26(33)18-38-29-30-25(17-21-6-8-24(36-4)9-7-21)27(34)32(29)23-15-19(2)14-20(3)16-23/h6-9,14-17,22H,5,10-13,18H2,1-4H3/b25-17-. The van der Waals surface area contributed by atoms with Gasteiger partial charge in [0.15, 0.2) is 5.17 Å². The SMILES string of the molecule is CCOC(=O)C1CCN(C(=O)CSC2=N/C(=C\c3ccc(OC)cc3)C(=O)N2c2cc(C)cc(C)c2)CC1. The molecule has 0 aromatic heterocycles. The second-order valence-electron chi connectivity index (χ2n) is 9.38. The quantitative estimate of drug-likeness (QED) is 0.381. The maximum absolute atomic E-state index is 13.5. The van der Waals surface area contributed by atoms with Crippen LogP contribution in [0.3, 0.4) is 0 Å². The van der Waals surface area contributed by atoms with Crippen LogP contribution in [0, 0.1) is 19.8 Å². The molecule has 0 radical (unpaired) electrons. The first-order valence-corrected chi connectivity index (χ1v) is 13.7. The van der Waals surface area contributed by atoms with Gasteiger partial charge >= 0.3 is 5.97 Å². The van der Waals surface area contributed by atoms with Crippen molar-refractivity contribution < 1.29 is 23.9 Å². The molecule has 1 fully saturated rings. The summed E-state index contributed by atoms with van der Waals surface area (Å²) in [5.74, 6) is 0.248. The monoisotopic (exact) mass is 535 g/mol. The number of thioether (sulfide) groups is 1. The van der Waals surface area contributed by atoms with E-state index in [4.69, 9.17) is 9.47 Å². The maximum Gasteiger partial charge on any atom is 0.309 e. The van der Waals surface area contributed by atoms with Gasteiger partial charge in [0.1, 0.15) is 11.4 Å². The van der Waals surface area contributed by atoms with Crippen LogP contribution < -0.4 is 9.64 Å². The van der Waals surface area contributed by atoms with Crippen LogP contribution in [0.4, 0.5) is 5.69 Å². The molecule has 4 rings (SSSR count). The number of amidine groups is 1. The lowest BCUT2D eigenvalue weighted by molar-refractivity contribution is -0.151. The van der Waals surface area contributed by atoms with Crippen molar-refractivity contribution in [2.45, 2.75) is 33.6 Å². The predicted molar refractivity (Wildman–Crippen MR) is 150 cm³/mol. The Balaban J connectivity index is 1.51. The third kappa shape index (κ3) is 6.45. The molecule has 9 heteroatoms. The number of likely N-dealkylation sites (tertiary alicyclic amines) is 1. The highest BCUT2D eigenvalue weighted by atomic mass is 32.2. The molecule has 2 aromatic rings. The second kappa shape index (κ2) is 12.3. The van der Waals surface area contributed by atoms with Crippen LogP contribution in [0.15, 0.2) is 53.2 Å². The Kier molecular flexibility index (Phi) is 8.89. The van der Waals surface area contributed by atoms with Crippen LogP contribution in [0.2, 0.25) is 0 Å². The Hall–Kier alpha value is -3.59. The van der Waals surface area contributed by atoms with Crippen molar-refractivity contribution in [3.63, 3.8) is 0 Å². The smallest absolute Gasteiger partial charge is 0.309 e. The lowest BCUT2D eigenvalue weighted by Crippen LogP contribution is -2.42. The zero-order valence-electron chi connectivity index (χ0n) is 22.2. The Labute approximate surface area is 227 Å². The molecule has 0 spiro atoms. The Morgan fingerprint density at radius 3 is 2.34 bits per heavy atom. The number of aryl methyl sites for hydroxylation is 2. The van der Waals surface area contributed by atoms with Crippen LogP contribution in [-0.4, -0.2) is 60.4 Å². The van der Waals surface area contributed by atoms with Crippen molar-refractivity contribution in [1.29, 1.82) is 0 Å². The maximum atomic E-state index is 13.5. The van der Waals surface area contributed by atoms with E-state index in [1.807, 2.05) is 56.3 Å². The lowest BCUT2D eigenvalue weighted by Gasteiger charge is -2.31. The number of ether oxygens (including phenoxy) is 2. The van der Waals surface area contributed by atoms with Gasteiger partial charge in [-0.1, -0.05) is 30.0 Å². The zero-order chi connectivity index (χ0) is 27.2. The average Bonchev–Trinajstić information content (AvgIpc) is 3.22. The van der Waals surface area contributed by atoms with Crippen LogP contribution >= 0.6 is 11.8 Å². The normalized spacial score (nSPS) is 17.1. The molecule has 2 amide bonds. The van der Waals surface area contributed by atoms with Gasteiger partial charge in [-0.3, -0.25) is 19.3 Å². The summed E-state index contributed by atoms with van der Waals surface area (Å²) in [6, 6.07) is 13.3. The molecule has 0 saturated carbocycles. The number of carbonyl (C=O) groups excluding carboxylic acids is 3. The number of rotatable bonds is 7. The molecule has 2 aliphatic rings. The number of hydrogen-bond donors (Lipinski definition) is 0. The Morgan fingerprint density at radius 1 is 1.08 bits per heavy atom. The highest BCUT2D eigenvalue weighted by molar-refractivity contribution is 8.14. The molecule has 0 N–H and O–H groups in total. The highest BCUT2D eigenvalue weighted by Crippen LogP contribution is 2.31. The number of amides is 2. The topological polar surface area (TPSA) is 88.5 Å². The number of benzene rings is 2. The van der Waals surface area contributed by atoms with Gasteiger partial charge in [-0.25, -0.2) is 4.99 Å². The van der Waals surface area contributed by atoms with E-state index in [-0.39, 0.29) is 29.5 Å². The molecule has 0 atom stereocenters. The molecule has 0 aliphatic carbocycles. The molecule has 8 nitrogen and oxygen atoms in total. The van der Waals surface area contributed by atoms with Crippen molar-refractivity contribution in [1.82, 2.24) is 4.90 Å². The van der Waals surface area contributed by atoms with E-state index >= 15 is 0 Å². The minimum Gasteiger partial charge on any atom is -0.497 e. The summed E-state index contributed by atoms with van der Waals surface area (Å²) in [7, 11) is 1.60. The van der Waals surface area contributed by atoms with Crippen molar-refractivity contribution in [3.05, 3.63) is 64.9 Å². The molecule has 2 aliphatic heterocycles. The first-order valence-electron chi connectivity index (χ1n) is 12.7. The summed E-state index contributed by atoms with van der Waals surface area (Å²) in [5, 5.41) is 0.467. The molecular weight excluding hydrogens is 502 g/mol. The Morgan fingerprint density at radius 2 is 1.74 bits per heavy atom. The van der Waals surface area contributed by atoms with Crippen molar-refractivity contribution in [2.24, 2.45) is 10.9 Å². The van der Waals surface area contributed by atoms with Crippen molar-refractivity contribution >= 4 is 46.5 Å². The number of methoxy groups -OCH3 is 1. The summed E-state index contributed by atoms with van der Waals surface area (Å²) in [5.41, 5.74) is 3.92. The molecule has 2 heterocycles. The van der Waals surface area contributed by atoms with Crippen molar-refractivity contribution in [3.8, 4) is 5.75 Å². The first kappa shape index (κ1) is 27.4. The number of anilines is 1. The minimum atomic E-state index is -0.240. The van der Waals surface area contributed by atoms with Crippen LogP contribution in [0.25, 0.3) is 6.08 Å². The predicted octanol–water partition coefficient (Wildman–Crippen LogP) is 4.59. The van der Waals surface area contributed by atoms with E-state index in [1.54, 1.807) is 29.9 Å². The van der Waals surface area contributed by atoms with Gasteiger partial charge in [0, 0.05) is 13.1 Å². The molecule has 0 bridgehead atoms. The fraction of sp³-hybridized carbons (Fsp3) is 0.379. The second-order valence-corrected chi connectivity index (χ2v) is 10.3. The van der Waals surface area contributed by atoms with E-state index in [0.29, 0.717) is 43.4 Å². The number of carbonyl (C=O) groups is 3.